The fourth-order valence-electron chi connectivity index (χ4n) is 3.67. The summed E-state index contributed by atoms with van der Waals surface area (Å²) in [6, 6.07) is 3.77. The van der Waals surface area contributed by atoms with Crippen molar-refractivity contribution in [3.8, 4) is 0 Å². The maximum atomic E-state index is 13.3. The monoisotopic (exact) mass is 493 g/mol. The minimum atomic E-state index is -0.849. The average Bonchev–Trinajstić information content (AvgIpc) is 3.22. The van der Waals surface area contributed by atoms with Gasteiger partial charge in [0.1, 0.15) is 6.04 Å². The molecule has 0 spiro atoms. The predicted octanol–water partition coefficient (Wildman–Crippen LogP) is 2.00. The van der Waals surface area contributed by atoms with E-state index in [4.69, 9.17) is 16.3 Å². The lowest BCUT2D eigenvalue weighted by molar-refractivity contribution is -0.125. The van der Waals surface area contributed by atoms with Crippen LogP contribution in [0, 0.1) is 5.92 Å². The molecule has 4 N–H and O–H groups in total. The molecule has 33 heavy (non-hydrogen) atoms. The minimum Gasteiger partial charge on any atom is -0.381 e. The molecule has 0 saturated carbocycles. The number of amides is 4. The van der Waals surface area contributed by atoms with Crippen LogP contribution in [0.5, 0.6) is 0 Å². The van der Waals surface area contributed by atoms with Crippen LogP contribution in [0.15, 0.2) is 30.9 Å². The summed E-state index contributed by atoms with van der Waals surface area (Å²) in [6.45, 7) is 4.92. The van der Waals surface area contributed by atoms with Gasteiger partial charge in [0, 0.05) is 44.3 Å². The fourth-order valence-corrected chi connectivity index (χ4v) is 4.96. The highest BCUT2D eigenvalue weighted by Crippen LogP contribution is 2.26. The molecule has 0 radical (unpaired) electrons. The highest BCUT2D eigenvalue weighted by atomic mass is 35.5. The molecule has 11 heteroatoms. The third-order valence-electron chi connectivity index (χ3n) is 5.47. The summed E-state index contributed by atoms with van der Waals surface area (Å²) in [5, 5.41) is 12.3. The van der Waals surface area contributed by atoms with Crippen LogP contribution in [0.25, 0.3) is 10.2 Å². The van der Waals surface area contributed by atoms with Crippen LogP contribution in [0.2, 0.25) is 5.02 Å². The molecular formula is C22H28ClN5O4S. The Kier molecular flexibility index (Phi) is 9.04. The molecule has 1 aromatic heterocycles. The molecule has 0 bridgehead atoms. The number of nitrogens with one attached hydrogen (secondary N) is 4. The Morgan fingerprint density at radius 1 is 1.30 bits per heavy atom. The van der Waals surface area contributed by atoms with E-state index in [1.807, 2.05) is 12.1 Å². The largest absolute Gasteiger partial charge is 0.381 e. The van der Waals surface area contributed by atoms with E-state index in [0.29, 0.717) is 23.2 Å². The molecule has 1 aliphatic rings. The van der Waals surface area contributed by atoms with E-state index in [9.17, 15) is 14.4 Å². The molecule has 2 atom stereocenters. The zero-order valence-electron chi connectivity index (χ0n) is 18.4. The van der Waals surface area contributed by atoms with Crippen molar-refractivity contribution in [2.45, 2.75) is 31.3 Å². The van der Waals surface area contributed by atoms with E-state index in [1.165, 1.54) is 24.5 Å². The second kappa shape index (κ2) is 12.0. The lowest BCUT2D eigenvalue weighted by Gasteiger charge is -2.32. The van der Waals surface area contributed by atoms with Gasteiger partial charge in [-0.3, -0.25) is 9.59 Å². The Hall–Kier alpha value is -2.69. The van der Waals surface area contributed by atoms with Gasteiger partial charge in [0.2, 0.25) is 11.8 Å². The van der Waals surface area contributed by atoms with Crippen LogP contribution in [0.1, 0.15) is 17.8 Å². The van der Waals surface area contributed by atoms with Gasteiger partial charge in [-0.25, -0.2) is 9.78 Å². The second-order valence-electron chi connectivity index (χ2n) is 7.71. The quantitative estimate of drug-likeness (QED) is 0.398. The third kappa shape index (κ3) is 7.15. The number of hydrogen-bond donors (Lipinski definition) is 4. The van der Waals surface area contributed by atoms with E-state index in [2.05, 4.69) is 32.8 Å². The molecule has 1 aliphatic heterocycles. The van der Waals surface area contributed by atoms with Crippen LogP contribution >= 0.6 is 22.9 Å². The van der Waals surface area contributed by atoms with Gasteiger partial charge < -0.3 is 26.0 Å². The number of nitrogens with zero attached hydrogens (tertiary/aromatic N) is 1. The van der Waals surface area contributed by atoms with Gasteiger partial charge in [0.25, 0.3) is 0 Å². The Morgan fingerprint density at radius 2 is 2.06 bits per heavy atom. The van der Waals surface area contributed by atoms with Gasteiger partial charge in [-0.05, 0) is 43.0 Å². The lowest BCUT2D eigenvalue weighted by Crippen LogP contribution is -2.56. The SMILES string of the molecule is C=CC(=O)NCC(NC(=O)[C@H](Cc1nc2ccc(Cl)cc2s1)NC(=O)NC)C1CCOCC1. The maximum Gasteiger partial charge on any atom is 0.315 e. The van der Waals surface area contributed by atoms with Gasteiger partial charge in [0.15, 0.2) is 0 Å². The Balaban J connectivity index is 1.76. The van der Waals surface area contributed by atoms with Gasteiger partial charge in [-0.15, -0.1) is 11.3 Å². The number of rotatable bonds is 9. The number of thiazole rings is 1. The van der Waals surface area contributed by atoms with Gasteiger partial charge in [0.05, 0.1) is 15.2 Å². The van der Waals surface area contributed by atoms with Crippen LogP contribution in [-0.4, -0.2) is 61.7 Å². The summed E-state index contributed by atoms with van der Waals surface area (Å²) in [5.41, 5.74) is 0.783. The number of aromatic nitrogens is 1. The summed E-state index contributed by atoms with van der Waals surface area (Å²) >= 11 is 7.49. The first kappa shape index (κ1) is 24.9. The van der Waals surface area contributed by atoms with E-state index < -0.39 is 12.1 Å². The van der Waals surface area contributed by atoms with Crippen molar-refractivity contribution in [3.63, 3.8) is 0 Å². The van der Waals surface area contributed by atoms with Gasteiger partial charge in [-0.2, -0.15) is 0 Å². The summed E-state index contributed by atoms with van der Waals surface area (Å²) in [7, 11) is 1.49. The number of benzene rings is 1. The summed E-state index contributed by atoms with van der Waals surface area (Å²) in [5.74, 6) is -0.521. The van der Waals surface area contributed by atoms with Crippen molar-refractivity contribution in [1.82, 2.24) is 26.3 Å². The molecule has 1 aromatic carbocycles. The molecule has 1 unspecified atom stereocenters. The topological polar surface area (TPSA) is 121 Å². The second-order valence-corrected chi connectivity index (χ2v) is 9.27. The highest BCUT2D eigenvalue weighted by Gasteiger charge is 2.30. The molecule has 2 heterocycles. The molecule has 4 amide bonds. The molecule has 9 nitrogen and oxygen atoms in total. The van der Waals surface area contributed by atoms with Crippen molar-refractivity contribution < 1.29 is 19.1 Å². The van der Waals surface area contributed by atoms with Crippen molar-refractivity contribution >= 4 is 51.0 Å². The number of fused-ring (bicyclic) bond motifs is 1. The first-order chi connectivity index (χ1) is 15.9. The number of urea groups is 1. The Labute approximate surface area is 201 Å². The number of carbonyl (C=O) groups excluding carboxylic acids is 3. The van der Waals surface area contributed by atoms with E-state index in [-0.39, 0.29) is 36.7 Å². The zero-order valence-corrected chi connectivity index (χ0v) is 19.9. The van der Waals surface area contributed by atoms with Crippen LogP contribution in [0.4, 0.5) is 4.79 Å². The zero-order chi connectivity index (χ0) is 23.8. The van der Waals surface area contributed by atoms with Crippen LogP contribution < -0.4 is 21.3 Å². The molecule has 0 aliphatic carbocycles. The fraction of sp³-hybridized carbons (Fsp3) is 0.455. The molecule has 1 saturated heterocycles. The highest BCUT2D eigenvalue weighted by molar-refractivity contribution is 7.18. The molecule has 3 rings (SSSR count). The Bertz CT molecular complexity index is 1010. The number of carbonyl (C=O) groups is 3. The molecule has 2 aromatic rings. The van der Waals surface area contributed by atoms with E-state index in [0.717, 1.165) is 23.1 Å². The molecule has 178 valence electrons. The number of hydrogen-bond acceptors (Lipinski definition) is 6. The first-order valence-corrected chi connectivity index (χ1v) is 11.9. The molecule has 1 fully saturated rings. The number of ether oxygens (including phenoxy) is 1. The third-order valence-corrected chi connectivity index (χ3v) is 6.74. The van der Waals surface area contributed by atoms with Crippen molar-refractivity contribution in [2.75, 3.05) is 26.8 Å². The van der Waals surface area contributed by atoms with Gasteiger partial charge in [-0.1, -0.05) is 18.2 Å². The summed E-state index contributed by atoms with van der Waals surface area (Å²) in [4.78, 5) is 41.6. The number of halogens is 1. The summed E-state index contributed by atoms with van der Waals surface area (Å²) in [6.07, 6.45) is 2.94. The van der Waals surface area contributed by atoms with Gasteiger partial charge >= 0.3 is 6.03 Å². The minimum absolute atomic E-state index is 0.137. The standard InChI is InChI=1S/C22H28ClN5O4S/c1-3-19(29)25-12-17(13-6-8-32-9-7-13)27-21(30)16(28-22(31)24-2)11-20-26-15-5-4-14(23)10-18(15)33-20/h3-5,10,13,16-17H,1,6-9,11-12H2,2H3,(H,25,29)(H,27,30)(H2,24,28,31)/t16-,17?/m0/s1. The smallest absolute Gasteiger partial charge is 0.315 e. The lowest BCUT2D eigenvalue weighted by atomic mass is 9.91. The maximum absolute atomic E-state index is 13.3. The normalized spacial score (nSPS) is 15.9. The van der Waals surface area contributed by atoms with Crippen molar-refractivity contribution in [3.05, 3.63) is 40.9 Å². The van der Waals surface area contributed by atoms with E-state index in [1.54, 1.807) is 6.07 Å². The Morgan fingerprint density at radius 3 is 2.76 bits per heavy atom. The van der Waals surface area contributed by atoms with Crippen LogP contribution in [0.3, 0.4) is 0 Å². The van der Waals surface area contributed by atoms with E-state index >= 15 is 0 Å². The molecular weight excluding hydrogens is 466 g/mol. The predicted molar refractivity (Wildman–Crippen MR) is 128 cm³/mol. The average molecular weight is 494 g/mol. The van der Waals surface area contributed by atoms with Crippen molar-refractivity contribution in [2.24, 2.45) is 5.92 Å². The first-order valence-electron chi connectivity index (χ1n) is 10.7. The van der Waals surface area contributed by atoms with Crippen molar-refractivity contribution in [1.29, 1.82) is 0 Å². The van der Waals surface area contributed by atoms with Crippen LogP contribution in [-0.2, 0) is 20.7 Å². The summed E-state index contributed by atoms with van der Waals surface area (Å²) < 4.78 is 6.34.